The van der Waals surface area contributed by atoms with E-state index in [0.717, 1.165) is 25.9 Å². The zero-order valence-electron chi connectivity index (χ0n) is 15.6. The fourth-order valence-electron chi connectivity index (χ4n) is 3.72. The summed E-state index contributed by atoms with van der Waals surface area (Å²) in [5.41, 5.74) is -0.425. The summed E-state index contributed by atoms with van der Waals surface area (Å²) in [5.74, 6) is 0. The number of ether oxygens (including phenoxy) is 1. The predicted octanol–water partition coefficient (Wildman–Crippen LogP) is 2.85. The van der Waals surface area contributed by atoms with Crippen LogP contribution in [0.2, 0.25) is 0 Å². The lowest BCUT2D eigenvalue weighted by molar-refractivity contribution is 0.0407. The number of amides is 1. The third-order valence-electron chi connectivity index (χ3n) is 4.96. The maximum absolute atomic E-state index is 12.0. The van der Waals surface area contributed by atoms with Crippen LogP contribution >= 0.6 is 0 Å². The Morgan fingerprint density at radius 3 is 2.35 bits per heavy atom. The number of nitrogens with zero attached hydrogens (tertiary/aromatic N) is 2. The van der Waals surface area contributed by atoms with Crippen molar-refractivity contribution in [1.82, 2.24) is 15.1 Å². The second-order valence-electron chi connectivity index (χ2n) is 8.33. The number of carbonyl (C=O) groups excluding carboxylic acids is 1. The molecule has 134 valence electrons. The van der Waals surface area contributed by atoms with Gasteiger partial charge in [-0.2, -0.15) is 0 Å². The molecular weight excluding hydrogens is 290 g/mol. The van der Waals surface area contributed by atoms with Gasteiger partial charge in [0.05, 0.1) is 0 Å². The molecule has 1 saturated carbocycles. The Balaban J connectivity index is 1.79. The molecule has 2 rings (SSSR count). The lowest BCUT2D eigenvalue weighted by Crippen LogP contribution is -2.54. The van der Waals surface area contributed by atoms with Gasteiger partial charge in [-0.25, -0.2) is 4.79 Å². The van der Waals surface area contributed by atoms with Gasteiger partial charge in [0.15, 0.2) is 0 Å². The van der Waals surface area contributed by atoms with Gasteiger partial charge in [0.25, 0.3) is 0 Å². The van der Waals surface area contributed by atoms with E-state index in [0.29, 0.717) is 12.1 Å². The lowest BCUT2D eigenvalue weighted by atomic mass is 9.89. The molecule has 23 heavy (non-hydrogen) atoms. The summed E-state index contributed by atoms with van der Waals surface area (Å²) >= 11 is 0. The maximum atomic E-state index is 12.0. The molecule has 5 nitrogen and oxygen atoms in total. The minimum Gasteiger partial charge on any atom is -0.444 e. The summed E-state index contributed by atoms with van der Waals surface area (Å²) < 4.78 is 5.39. The van der Waals surface area contributed by atoms with Gasteiger partial charge < -0.3 is 10.1 Å². The number of carbonyl (C=O) groups is 1. The van der Waals surface area contributed by atoms with Crippen LogP contribution in [0.25, 0.3) is 0 Å². The van der Waals surface area contributed by atoms with Crippen molar-refractivity contribution in [2.24, 2.45) is 0 Å². The first-order valence-electron chi connectivity index (χ1n) is 9.22. The van der Waals surface area contributed by atoms with E-state index >= 15 is 0 Å². The van der Waals surface area contributed by atoms with Crippen molar-refractivity contribution in [3.63, 3.8) is 0 Å². The van der Waals surface area contributed by atoms with Gasteiger partial charge >= 0.3 is 6.09 Å². The summed E-state index contributed by atoms with van der Waals surface area (Å²) in [6.07, 6.45) is 4.31. The topological polar surface area (TPSA) is 44.8 Å². The molecule has 0 radical (unpaired) electrons. The van der Waals surface area contributed by atoms with Crippen LogP contribution in [-0.4, -0.2) is 65.8 Å². The van der Waals surface area contributed by atoms with E-state index in [-0.39, 0.29) is 12.1 Å². The molecule has 1 amide bonds. The first-order chi connectivity index (χ1) is 10.7. The van der Waals surface area contributed by atoms with Gasteiger partial charge in [-0.05, 0) is 60.3 Å². The van der Waals surface area contributed by atoms with E-state index in [1.807, 2.05) is 20.8 Å². The van der Waals surface area contributed by atoms with Gasteiger partial charge in [-0.1, -0.05) is 0 Å². The molecule has 0 spiro atoms. The number of hydrogen-bond donors (Lipinski definition) is 1. The third kappa shape index (κ3) is 5.96. The molecule has 0 aromatic heterocycles. The van der Waals surface area contributed by atoms with Gasteiger partial charge in [0.2, 0.25) is 0 Å². The molecule has 0 aromatic rings. The van der Waals surface area contributed by atoms with E-state index in [4.69, 9.17) is 4.74 Å². The molecule has 0 aromatic carbocycles. The van der Waals surface area contributed by atoms with E-state index in [1.165, 1.54) is 25.9 Å². The van der Waals surface area contributed by atoms with Crippen LogP contribution in [0.15, 0.2) is 0 Å². The molecule has 1 N–H and O–H groups in total. The van der Waals surface area contributed by atoms with E-state index in [9.17, 15) is 4.79 Å². The summed E-state index contributed by atoms with van der Waals surface area (Å²) in [6.45, 7) is 14.9. The monoisotopic (exact) mass is 325 g/mol. The van der Waals surface area contributed by atoms with Crippen LogP contribution in [0.1, 0.15) is 60.3 Å². The van der Waals surface area contributed by atoms with Crippen molar-refractivity contribution in [3.8, 4) is 0 Å². The zero-order valence-corrected chi connectivity index (χ0v) is 15.6. The average molecular weight is 325 g/mol. The minimum absolute atomic E-state index is 0.256. The van der Waals surface area contributed by atoms with Crippen LogP contribution in [0, 0.1) is 0 Å². The molecule has 1 heterocycles. The Morgan fingerprint density at radius 2 is 1.78 bits per heavy atom. The van der Waals surface area contributed by atoms with Crippen LogP contribution < -0.4 is 5.32 Å². The van der Waals surface area contributed by atoms with Crippen molar-refractivity contribution < 1.29 is 9.53 Å². The number of alkyl carbamates (subject to hydrolysis) is 1. The smallest absolute Gasteiger partial charge is 0.407 e. The second-order valence-corrected chi connectivity index (χ2v) is 8.33. The summed E-state index contributed by atoms with van der Waals surface area (Å²) in [7, 11) is 0. The molecule has 1 aliphatic heterocycles. The standard InChI is InChI=1S/C18H35N3O2/c1-14(2)20-9-11-21(12-10-20)16-8-6-7-15(13-16)19-17(22)23-18(3,4)5/h14-16H,6-13H2,1-5H3,(H,19,22)/t15-,16?/m1/s1. The highest BCUT2D eigenvalue weighted by Gasteiger charge is 2.30. The van der Waals surface area contributed by atoms with Crippen molar-refractivity contribution in [3.05, 3.63) is 0 Å². The van der Waals surface area contributed by atoms with Gasteiger partial charge in [0.1, 0.15) is 5.60 Å². The summed E-state index contributed by atoms with van der Waals surface area (Å²) in [6, 6.07) is 1.51. The van der Waals surface area contributed by atoms with E-state index in [1.54, 1.807) is 0 Å². The van der Waals surface area contributed by atoms with Crippen molar-refractivity contribution in [2.75, 3.05) is 26.2 Å². The molecule has 2 fully saturated rings. The van der Waals surface area contributed by atoms with Crippen LogP contribution in [0.3, 0.4) is 0 Å². The summed E-state index contributed by atoms with van der Waals surface area (Å²) in [5, 5.41) is 3.07. The van der Waals surface area contributed by atoms with Gasteiger partial charge in [-0.15, -0.1) is 0 Å². The largest absolute Gasteiger partial charge is 0.444 e. The Hall–Kier alpha value is -0.810. The molecule has 2 aliphatic rings. The van der Waals surface area contributed by atoms with Crippen LogP contribution in [-0.2, 0) is 4.74 Å². The number of nitrogens with one attached hydrogen (secondary N) is 1. The fraction of sp³-hybridized carbons (Fsp3) is 0.944. The number of rotatable bonds is 3. The highest BCUT2D eigenvalue weighted by molar-refractivity contribution is 5.68. The molecule has 2 atom stereocenters. The molecule has 1 saturated heterocycles. The van der Waals surface area contributed by atoms with Gasteiger partial charge in [-0.3, -0.25) is 9.80 Å². The highest BCUT2D eigenvalue weighted by Crippen LogP contribution is 2.25. The molecular formula is C18H35N3O2. The first-order valence-corrected chi connectivity index (χ1v) is 9.22. The quantitative estimate of drug-likeness (QED) is 0.866. The normalized spacial score (nSPS) is 27.9. The van der Waals surface area contributed by atoms with Gasteiger partial charge in [0, 0.05) is 44.3 Å². The molecule has 1 unspecified atom stereocenters. The second kappa shape index (κ2) is 7.84. The van der Waals surface area contributed by atoms with E-state index < -0.39 is 5.60 Å². The zero-order chi connectivity index (χ0) is 17.0. The lowest BCUT2D eigenvalue weighted by Gasteiger charge is -2.43. The summed E-state index contributed by atoms with van der Waals surface area (Å²) in [4.78, 5) is 17.2. The Morgan fingerprint density at radius 1 is 1.13 bits per heavy atom. The molecule has 1 aliphatic carbocycles. The average Bonchev–Trinajstić information content (AvgIpc) is 2.45. The highest BCUT2D eigenvalue weighted by atomic mass is 16.6. The van der Waals surface area contributed by atoms with Crippen molar-refractivity contribution in [2.45, 2.75) is 84.0 Å². The third-order valence-corrected chi connectivity index (χ3v) is 4.96. The van der Waals surface area contributed by atoms with Crippen LogP contribution in [0.5, 0.6) is 0 Å². The SMILES string of the molecule is CC(C)N1CCN(C2CCC[C@@H](NC(=O)OC(C)(C)C)C2)CC1. The van der Waals surface area contributed by atoms with E-state index in [2.05, 4.69) is 29.0 Å². The first kappa shape index (κ1) is 18.5. The Labute approximate surface area is 141 Å². The molecule has 5 heteroatoms. The minimum atomic E-state index is -0.425. The molecule has 0 bridgehead atoms. The predicted molar refractivity (Wildman–Crippen MR) is 93.7 cm³/mol. The maximum Gasteiger partial charge on any atom is 0.407 e. The van der Waals surface area contributed by atoms with Crippen molar-refractivity contribution in [1.29, 1.82) is 0 Å². The number of piperazine rings is 1. The Kier molecular flexibility index (Phi) is 6.32. The fourth-order valence-corrected chi connectivity index (χ4v) is 3.72. The Bertz CT molecular complexity index is 384. The van der Waals surface area contributed by atoms with Crippen molar-refractivity contribution >= 4 is 6.09 Å². The number of hydrogen-bond acceptors (Lipinski definition) is 4. The van der Waals surface area contributed by atoms with Crippen LogP contribution in [0.4, 0.5) is 4.79 Å².